The second kappa shape index (κ2) is 10.8. The highest BCUT2D eigenvalue weighted by atomic mass is 32.2. The number of hydrogen-bond donors (Lipinski definition) is 1. The molecule has 11 heteroatoms. The SMILES string of the molecule is COc1ccc(S(=O)(=O)N2CCN(C(=O)NCc3cccc(Cn4ccnc4)c3)CC2)cc1OC. The second-order valence-electron chi connectivity index (χ2n) is 8.12. The van der Waals surface area contributed by atoms with Crippen molar-refractivity contribution < 1.29 is 22.7 Å². The topological polar surface area (TPSA) is 106 Å². The number of methoxy groups -OCH3 is 2. The van der Waals surface area contributed by atoms with Crippen LogP contribution in [0.5, 0.6) is 11.5 Å². The predicted octanol–water partition coefficient (Wildman–Crippen LogP) is 2.16. The maximum Gasteiger partial charge on any atom is 0.317 e. The molecule has 0 atom stereocenters. The summed E-state index contributed by atoms with van der Waals surface area (Å²) in [5.41, 5.74) is 2.11. The van der Waals surface area contributed by atoms with Gasteiger partial charge in [-0.05, 0) is 23.3 Å². The van der Waals surface area contributed by atoms with Crippen molar-refractivity contribution in [1.82, 2.24) is 24.1 Å². The van der Waals surface area contributed by atoms with Crippen LogP contribution < -0.4 is 14.8 Å². The first-order valence-electron chi connectivity index (χ1n) is 11.2. The molecule has 2 heterocycles. The number of hydrogen-bond acceptors (Lipinski definition) is 6. The highest BCUT2D eigenvalue weighted by Gasteiger charge is 2.30. The Morgan fingerprint density at radius 3 is 2.43 bits per heavy atom. The number of sulfonamides is 1. The molecule has 1 saturated heterocycles. The molecule has 1 aliphatic heterocycles. The summed E-state index contributed by atoms with van der Waals surface area (Å²) in [4.78, 5) is 18.5. The minimum atomic E-state index is -3.72. The zero-order chi connectivity index (χ0) is 24.8. The number of piperazine rings is 1. The van der Waals surface area contributed by atoms with Crippen molar-refractivity contribution in [3.63, 3.8) is 0 Å². The van der Waals surface area contributed by atoms with Crippen molar-refractivity contribution in [3.05, 3.63) is 72.3 Å². The number of carbonyl (C=O) groups excluding carboxylic acids is 1. The fourth-order valence-electron chi connectivity index (χ4n) is 3.98. The molecule has 0 unspecified atom stereocenters. The summed E-state index contributed by atoms with van der Waals surface area (Å²) in [6, 6.07) is 12.3. The molecule has 2 aromatic carbocycles. The van der Waals surface area contributed by atoms with Crippen molar-refractivity contribution in [3.8, 4) is 11.5 Å². The molecule has 186 valence electrons. The number of amides is 2. The number of carbonyl (C=O) groups is 1. The second-order valence-corrected chi connectivity index (χ2v) is 10.1. The summed E-state index contributed by atoms with van der Waals surface area (Å²) < 4.78 is 40.0. The van der Waals surface area contributed by atoms with Gasteiger partial charge in [0.15, 0.2) is 11.5 Å². The molecule has 35 heavy (non-hydrogen) atoms. The average Bonchev–Trinajstić information content (AvgIpc) is 3.40. The Morgan fingerprint density at radius 1 is 1.00 bits per heavy atom. The Hall–Kier alpha value is -3.57. The molecule has 10 nitrogen and oxygen atoms in total. The molecule has 1 N–H and O–H groups in total. The van der Waals surface area contributed by atoms with E-state index in [2.05, 4.69) is 10.3 Å². The van der Waals surface area contributed by atoms with Gasteiger partial charge in [0.05, 0.1) is 25.4 Å². The van der Waals surface area contributed by atoms with Crippen LogP contribution in [0.2, 0.25) is 0 Å². The van der Waals surface area contributed by atoms with Crippen LogP contribution in [-0.4, -0.2) is 73.6 Å². The number of nitrogens with one attached hydrogen (secondary N) is 1. The number of ether oxygens (including phenoxy) is 2. The average molecular weight is 500 g/mol. The molecule has 1 aliphatic rings. The first-order valence-corrected chi connectivity index (χ1v) is 12.6. The van der Waals surface area contributed by atoms with Gasteiger partial charge in [0.25, 0.3) is 0 Å². The van der Waals surface area contributed by atoms with Gasteiger partial charge in [0.1, 0.15) is 0 Å². The Morgan fingerprint density at radius 2 is 1.74 bits per heavy atom. The number of nitrogens with zero attached hydrogens (tertiary/aromatic N) is 4. The van der Waals surface area contributed by atoms with Crippen LogP contribution in [0.4, 0.5) is 4.79 Å². The van der Waals surface area contributed by atoms with Crippen LogP contribution in [0.15, 0.2) is 66.1 Å². The predicted molar refractivity (Wildman–Crippen MR) is 130 cm³/mol. The standard InChI is InChI=1S/C24H29N5O5S/c1-33-22-7-6-21(15-23(22)34-2)35(31,32)29-12-10-28(11-13-29)24(30)26-16-19-4-3-5-20(14-19)17-27-9-8-25-18-27/h3-9,14-15,18H,10-13,16-17H2,1-2H3,(H,26,30). The van der Waals surface area contributed by atoms with E-state index in [1.54, 1.807) is 23.5 Å². The van der Waals surface area contributed by atoms with Crippen LogP contribution in [-0.2, 0) is 23.1 Å². The van der Waals surface area contributed by atoms with Crippen molar-refractivity contribution in [2.75, 3.05) is 40.4 Å². The van der Waals surface area contributed by atoms with E-state index < -0.39 is 10.0 Å². The van der Waals surface area contributed by atoms with Crippen molar-refractivity contribution in [2.45, 2.75) is 18.0 Å². The third-order valence-electron chi connectivity index (χ3n) is 5.88. The third kappa shape index (κ3) is 5.75. The number of benzene rings is 2. The van der Waals surface area contributed by atoms with Crippen LogP contribution in [0.1, 0.15) is 11.1 Å². The molecule has 0 aliphatic carbocycles. The smallest absolute Gasteiger partial charge is 0.317 e. The summed E-state index contributed by atoms with van der Waals surface area (Å²) in [6.07, 6.45) is 5.40. The van der Waals surface area contributed by atoms with E-state index in [1.807, 2.05) is 35.0 Å². The van der Waals surface area contributed by atoms with E-state index in [9.17, 15) is 13.2 Å². The highest BCUT2D eigenvalue weighted by Crippen LogP contribution is 2.30. The van der Waals surface area contributed by atoms with Gasteiger partial charge in [0.2, 0.25) is 10.0 Å². The monoisotopic (exact) mass is 499 g/mol. The zero-order valence-electron chi connectivity index (χ0n) is 19.8. The maximum absolute atomic E-state index is 13.1. The summed E-state index contributed by atoms with van der Waals surface area (Å²) >= 11 is 0. The highest BCUT2D eigenvalue weighted by molar-refractivity contribution is 7.89. The summed E-state index contributed by atoms with van der Waals surface area (Å²) in [6.45, 7) is 2.13. The lowest BCUT2D eigenvalue weighted by Gasteiger charge is -2.34. The molecular weight excluding hydrogens is 470 g/mol. The van der Waals surface area contributed by atoms with E-state index in [0.717, 1.165) is 11.1 Å². The molecule has 0 spiro atoms. The number of urea groups is 1. The largest absolute Gasteiger partial charge is 0.493 e. The van der Waals surface area contributed by atoms with E-state index >= 15 is 0 Å². The van der Waals surface area contributed by atoms with Gasteiger partial charge >= 0.3 is 6.03 Å². The number of aromatic nitrogens is 2. The fraction of sp³-hybridized carbons (Fsp3) is 0.333. The Balaban J connectivity index is 1.31. The first kappa shape index (κ1) is 24.6. The lowest BCUT2D eigenvalue weighted by atomic mass is 10.1. The van der Waals surface area contributed by atoms with Gasteiger partial charge in [-0.25, -0.2) is 18.2 Å². The molecule has 0 saturated carbocycles. The third-order valence-corrected chi connectivity index (χ3v) is 7.77. The van der Waals surface area contributed by atoms with Crippen LogP contribution in [0, 0.1) is 0 Å². The van der Waals surface area contributed by atoms with Gasteiger partial charge in [0, 0.05) is 57.7 Å². The van der Waals surface area contributed by atoms with Crippen LogP contribution in [0.3, 0.4) is 0 Å². The van der Waals surface area contributed by atoms with Crippen molar-refractivity contribution in [1.29, 1.82) is 0 Å². The number of imidazole rings is 1. The minimum absolute atomic E-state index is 0.128. The number of rotatable bonds is 8. The molecule has 1 fully saturated rings. The van der Waals surface area contributed by atoms with Gasteiger partial charge < -0.3 is 24.3 Å². The maximum atomic E-state index is 13.1. The normalized spacial score (nSPS) is 14.5. The Kier molecular flexibility index (Phi) is 7.57. The molecule has 4 rings (SSSR count). The van der Waals surface area contributed by atoms with Crippen LogP contribution in [0.25, 0.3) is 0 Å². The van der Waals surface area contributed by atoms with Gasteiger partial charge in [-0.1, -0.05) is 24.3 Å². The van der Waals surface area contributed by atoms with Crippen molar-refractivity contribution in [2.24, 2.45) is 0 Å². The van der Waals surface area contributed by atoms with E-state index in [0.29, 0.717) is 37.7 Å². The molecule has 3 aromatic rings. The summed E-state index contributed by atoms with van der Waals surface area (Å²) in [7, 11) is -0.763. The first-order chi connectivity index (χ1) is 16.9. The quantitative estimate of drug-likeness (QED) is 0.509. The lowest BCUT2D eigenvalue weighted by Crippen LogP contribution is -2.52. The van der Waals surface area contributed by atoms with E-state index in [1.165, 1.54) is 30.7 Å². The van der Waals surface area contributed by atoms with E-state index in [-0.39, 0.29) is 24.0 Å². The van der Waals surface area contributed by atoms with Crippen molar-refractivity contribution >= 4 is 16.1 Å². The molecular formula is C24H29N5O5S. The zero-order valence-corrected chi connectivity index (χ0v) is 20.6. The van der Waals surface area contributed by atoms with Gasteiger partial charge in [-0.15, -0.1) is 0 Å². The van der Waals surface area contributed by atoms with Crippen LogP contribution >= 0.6 is 0 Å². The Bertz CT molecular complexity index is 1260. The summed E-state index contributed by atoms with van der Waals surface area (Å²) in [5.74, 6) is 0.806. The van der Waals surface area contributed by atoms with Gasteiger partial charge in [-0.3, -0.25) is 0 Å². The molecule has 0 radical (unpaired) electrons. The van der Waals surface area contributed by atoms with E-state index in [4.69, 9.17) is 9.47 Å². The molecule has 2 amide bonds. The fourth-order valence-corrected chi connectivity index (χ4v) is 5.41. The molecule has 0 bridgehead atoms. The van der Waals surface area contributed by atoms with Gasteiger partial charge in [-0.2, -0.15) is 4.31 Å². The Labute approximate surface area is 205 Å². The lowest BCUT2D eigenvalue weighted by molar-refractivity contribution is 0.172. The minimum Gasteiger partial charge on any atom is -0.493 e. The summed E-state index contributed by atoms with van der Waals surface area (Å²) in [5, 5.41) is 2.94. The molecule has 1 aromatic heterocycles.